The molecule has 5 heteroatoms. The van der Waals surface area contributed by atoms with Gasteiger partial charge >= 0.3 is 6.09 Å². The van der Waals surface area contributed by atoms with Gasteiger partial charge in [0.2, 0.25) is 0 Å². The van der Waals surface area contributed by atoms with E-state index in [1.54, 1.807) is 18.2 Å². The fraction of sp³-hybridized carbons (Fsp3) is 0.562. The zero-order valence-electron chi connectivity index (χ0n) is 13.3. The molecule has 1 atom stereocenters. The molecule has 0 radical (unpaired) electrons. The van der Waals surface area contributed by atoms with E-state index >= 15 is 0 Å². The van der Waals surface area contributed by atoms with Gasteiger partial charge in [0, 0.05) is 6.54 Å². The molecule has 0 saturated carbocycles. The normalized spacial score (nSPS) is 14.3. The van der Waals surface area contributed by atoms with Gasteiger partial charge in [0.25, 0.3) is 0 Å². The van der Waals surface area contributed by atoms with Crippen molar-refractivity contribution in [2.24, 2.45) is 5.73 Å². The van der Waals surface area contributed by atoms with E-state index in [0.717, 1.165) is 5.56 Å². The molecule has 0 aliphatic rings. The van der Waals surface area contributed by atoms with Gasteiger partial charge in [-0.15, -0.1) is 0 Å². The second-order valence-corrected chi connectivity index (χ2v) is 6.56. The summed E-state index contributed by atoms with van der Waals surface area (Å²) in [5.74, 6) is 0.238. The molecule has 4 N–H and O–H groups in total. The number of amides is 1. The molecule has 0 spiro atoms. The monoisotopic (exact) mass is 294 g/mol. The summed E-state index contributed by atoms with van der Waals surface area (Å²) < 4.78 is 5.26. The van der Waals surface area contributed by atoms with Crippen molar-refractivity contribution in [3.8, 4) is 5.75 Å². The van der Waals surface area contributed by atoms with Crippen LogP contribution < -0.4 is 11.1 Å². The number of ether oxygens (including phenoxy) is 1. The van der Waals surface area contributed by atoms with Gasteiger partial charge in [-0.1, -0.05) is 12.1 Å². The lowest BCUT2D eigenvalue weighted by Crippen LogP contribution is -2.52. The van der Waals surface area contributed by atoms with Crippen molar-refractivity contribution >= 4 is 6.09 Å². The standard InChI is InChI=1S/C16H26N2O3/c1-15(2,3)21-14(20)18-16(4,11-17)9-8-12-6-5-7-13(19)10-12/h5-7,10,19H,8-9,11,17H2,1-4H3,(H,18,20). The summed E-state index contributed by atoms with van der Waals surface area (Å²) in [6.45, 7) is 7.65. The van der Waals surface area contributed by atoms with Gasteiger partial charge in [-0.3, -0.25) is 0 Å². The van der Waals surface area contributed by atoms with Gasteiger partial charge in [-0.25, -0.2) is 4.79 Å². The van der Waals surface area contributed by atoms with E-state index < -0.39 is 17.2 Å². The SMILES string of the molecule is CC(CN)(CCc1cccc(O)c1)NC(=O)OC(C)(C)C. The topological polar surface area (TPSA) is 84.6 Å². The van der Waals surface area contributed by atoms with E-state index in [9.17, 15) is 9.90 Å². The molecular weight excluding hydrogens is 268 g/mol. The van der Waals surface area contributed by atoms with Crippen LogP contribution in [0.3, 0.4) is 0 Å². The number of aryl methyl sites for hydroxylation is 1. The van der Waals surface area contributed by atoms with E-state index in [1.165, 1.54) is 0 Å². The van der Waals surface area contributed by atoms with Crippen LogP contribution in [0.15, 0.2) is 24.3 Å². The Morgan fingerprint density at radius 2 is 2.00 bits per heavy atom. The molecule has 0 aromatic heterocycles. The zero-order chi connectivity index (χ0) is 16.1. The molecule has 118 valence electrons. The Labute approximate surface area is 126 Å². The number of phenols is 1. The van der Waals surface area contributed by atoms with Crippen LogP contribution in [0.25, 0.3) is 0 Å². The molecule has 0 aliphatic heterocycles. The predicted octanol–water partition coefficient (Wildman–Crippen LogP) is 2.57. The maximum atomic E-state index is 11.9. The summed E-state index contributed by atoms with van der Waals surface area (Å²) in [5, 5.41) is 12.3. The fourth-order valence-corrected chi connectivity index (χ4v) is 1.90. The van der Waals surface area contributed by atoms with Crippen molar-refractivity contribution in [2.45, 2.75) is 51.7 Å². The number of phenolic OH excluding ortho intramolecular Hbond substituents is 1. The lowest BCUT2D eigenvalue weighted by atomic mass is 9.93. The van der Waals surface area contributed by atoms with E-state index in [4.69, 9.17) is 10.5 Å². The Bertz CT molecular complexity index is 483. The van der Waals surface area contributed by atoms with Gasteiger partial charge < -0.3 is 20.9 Å². The van der Waals surface area contributed by atoms with E-state index in [1.807, 2.05) is 33.8 Å². The molecule has 1 amide bonds. The van der Waals surface area contributed by atoms with E-state index in [0.29, 0.717) is 19.4 Å². The third-order valence-electron chi connectivity index (χ3n) is 3.13. The first-order chi connectivity index (χ1) is 9.63. The molecule has 0 saturated heterocycles. The summed E-state index contributed by atoms with van der Waals surface area (Å²) >= 11 is 0. The molecule has 0 bridgehead atoms. The average molecular weight is 294 g/mol. The minimum Gasteiger partial charge on any atom is -0.508 e. The van der Waals surface area contributed by atoms with Crippen molar-refractivity contribution < 1.29 is 14.6 Å². The van der Waals surface area contributed by atoms with Gasteiger partial charge in [-0.2, -0.15) is 0 Å². The first-order valence-corrected chi connectivity index (χ1v) is 7.13. The maximum Gasteiger partial charge on any atom is 0.408 e. The quantitative estimate of drug-likeness (QED) is 0.779. The van der Waals surface area contributed by atoms with Gasteiger partial charge in [0.05, 0.1) is 5.54 Å². The van der Waals surface area contributed by atoms with Crippen LogP contribution in [0.4, 0.5) is 4.79 Å². The van der Waals surface area contributed by atoms with E-state index in [2.05, 4.69) is 5.32 Å². The Balaban J connectivity index is 2.61. The van der Waals surface area contributed by atoms with Crippen LogP contribution in [-0.2, 0) is 11.2 Å². The second kappa shape index (κ2) is 6.80. The first-order valence-electron chi connectivity index (χ1n) is 7.13. The maximum absolute atomic E-state index is 11.9. The number of carbonyl (C=O) groups is 1. The first kappa shape index (κ1) is 17.3. The number of nitrogens with two attached hydrogens (primary N) is 1. The summed E-state index contributed by atoms with van der Waals surface area (Å²) in [5.41, 5.74) is 5.71. The largest absolute Gasteiger partial charge is 0.508 e. The molecule has 0 heterocycles. The highest BCUT2D eigenvalue weighted by atomic mass is 16.6. The Morgan fingerprint density at radius 1 is 1.33 bits per heavy atom. The molecule has 0 aliphatic carbocycles. The second-order valence-electron chi connectivity index (χ2n) is 6.56. The molecular formula is C16H26N2O3. The highest BCUT2D eigenvalue weighted by Crippen LogP contribution is 2.18. The molecule has 5 nitrogen and oxygen atoms in total. The van der Waals surface area contributed by atoms with Gasteiger partial charge in [0.1, 0.15) is 11.4 Å². The minimum atomic E-state index is -0.548. The molecule has 21 heavy (non-hydrogen) atoms. The molecule has 0 fully saturated rings. The number of carbonyl (C=O) groups excluding carboxylic acids is 1. The predicted molar refractivity (Wildman–Crippen MR) is 83.3 cm³/mol. The molecule has 1 aromatic carbocycles. The highest BCUT2D eigenvalue weighted by molar-refractivity contribution is 5.68. The number of hydrogen-bond acceptors (Lipinski definition) is 4. The van der Waals surface area contributed by atoms with Crippen molar-refractivity contribution in [2.75, 3.05) is 6.54 Å². The number of benzene rings is 1. The van der Waals surface area contributed by atoms with Crippen LogP contribution in [0.1, 0.15) is 39.7 Å². The molecule has 1 unspecified atom stereocenters. The number of rotatable bonds is 5. The minimum absolute atomic E-state index is 0.238. The van der Waals surface area contributed by atoms with Crippen molar-refractivity contribution in [3.63, 3.8) is 0 Å². The summed E-state index contributed by atoms with van der Waals surface area (Å²) in [7, 11) is 0. The Morgan fingerprint density at radius 3 is 2.52 bits per heavy atom. The fourth-order valence-electron chi connectivity index (χ4n) is 1.90. The third-order valence-corrected chi connectivity index (χ3v) is 3.13. The van der Waals surface area contributed by atoms with E-state index in [-0.39, 0.29) is 5.75 Å². The lowest BCUT2D eigenvalue weighted by Gasteiger charge is -2.31. The van der Waals surface area contributed by atoms with Crippen LogP contribution >= 0.6 is 0 Å². The Kier molecular flexibility index (Phi) is 5.61. The van der Waals surface area contributed by atoms with Crippen molar-refractivity contribution in [1.29, 1.82) is 0 Å². The summed E-state index contributed by atoms with van der Waals surface area (Å²) in [4.78, 5) is 11.9. The van der Waals surface area contributed by atoms with Crippen LogP contribution in [-0.4, -0.2) is 28.9 Å². The van der Waals surface area contributed by atoms with Crippen LogP contribution in [0.5, 0.6) is 5.75 Å². The zero-order valence-corrected chi connectivity index (χ0v) is 13.3. The smallest absolute Gasteiger partial charge is 0.408 e. The summed E-state index contributed by atoms with van der Waals surface area (Å²) in [6, 6.07) is 7.07. The number of alkyl carbamates (subject to hydrolysis) is 1. The van der Waals surface area contributed by atoms with Gasteiger partial charge in [-0.05, 0) is 58.2 Å². The molecule has 1 rings (SSSR count). The number of aromatic hydroxyl groups is 1. The molecule has 1 aromatic rings. The highest BCUT2D eigenvalue weighted by Gasteiger charge is 2.27. The lowest BCUT2D eigenvalue weighted by molar-refractivity contribution is 0.0462. The third kappa shape index (κ3) is 6.49. The average Bonchev–Trinajstić information content (AvgIpc) is 2.34. The Hall–Kier alpha value is -1.75. The van der Waals surface area contributed by atoms with Crippen LogP contribution in [0.2, 0.25) is 0 Å². The summed E-state index contributed by atoms with van der Waals surface area (Å²) in [6.07, 6.45) is 0.899. The van der Waals surface area contributed by atoms with Crippen LogP contribution in [0, 0.1) is 0 Å². The number of hydrogen-bond donors (Lipinski definition) is 3. The number of nitrogens with one attached hydrogen (secondary N) is 1. The van der Waals surface area contributed by atoms with Crippen molar-refractivity contribution in [3.05, 3.63) is 29.8 Å². The van der Waals surface area contributed by atoms with Crippen molar-refractivity contribution in [1.82, 2.24) is 5.32 Å². The van der Waals surface area contributed by atoms with Gasteiger partial charge in [0.15, 0.2) is 0 Å².